The summed E-state index contributed by atoms with van der Waals surface area (Å²) in [5, 5.41) is 0. The van der Waals surface area contributed by atoms with E-state index in [-0.39, 0.29) is 5.91 Å². The highest BCUT2D eigenvalue weighted by molar-refractivity contribution is 5.74. The number of carbonyl (C=O) groups excluding carboxylic acids is 1. The van der Waals surface area contributed by atoms with Gasteiger partial charge in [0, 0.05) is 51.1 Å². The number of imidazole rings is 1. The Labute approximate surface area is 167 Å². The number of benzene rings is 1. The highest BCUT2D eigenvalue weighted by Crippen LogP contribution is 2.42. The third kappa shape index (κ3) is 3.06. The molecular weight excluding hydrogens is 348 g/mol. The van der Waals surface area contributed by atoms with E-state index in [2.05, 4.69) is 51.6 Å². The molecule has 0 aliphatic carbocycles. The monoisotopic (exact) mass is 378 g/mol. The summed E-state index contributed by atoms with van der Waals surface area (Å²) in [4.78, 5) is 21.7. The molecule has 28 heavy (non-hydrogen) atoms. The van der Waals surface area contributed by atoms with Crippen molar-refractivity contribution in [2.24, 2.45) is 0 Å². The summed E-state index contributed by atoms with van der Waals surface area (Å²) in [6, 6.07) is 12.1. The van der Waals surface area contributed by atoms with Gasteiger partial charge in [0.25, 0.3) is 0 Å². The fourth-order valence-corrected chi connectivity index (χ4v) is 5.91. The van der Waals surface area contributed by atoms with Gasteiger partial charge in [0.05, 0.1) is 11.4 Å². The molecule has 5 heteroatoms. The Kier molecular flexibility index (Phi) is 4.50. The molecule has 0 radical (unpaired) electrons. The first-order valence-electron chi connectivity index (χ1n) is 10.7. The van der Waals surface area contributed by atoms with Gasteiger partial charge < -0.3 is 9.47 Å². The molecule has 2 bridgehead atoms. The lowest BCUT2D eigenvalue weighted by atomic mass is 9.96. The van der Waals surface area contributed by atoms with E-state index in [1.54, 1.807) is 6.92 Å². The van der Waals surface area contributed by atoms with E-state index in [9.17, 15) is 4.79 Å². The maximum absolute atomic E-state index is 12.1. The first kappa shape index (κ1) is 17.9. The van der Waals surface area contributed by atoms with Crippen LogP contribution in [0, 0.1) is 6.92 Å². The van der Waals surface area contributed by atoms with Gasteiger partial charge >= 0.3 is 0 Å². The van der Waals surface area contributed by atoms with E-state index >= 15 is 0 Å². The van der Waals surface area contributed by atoms with Crippen molar-refractivity contribution in [2.75, 3.05) is 6.54 Å². The lowest BCUT2D eigenvalue weighted by Gasteiger charge is -2.40. The van der Waals surface area contributed by atoms with Crippen molar-refractivity contribution >= 4 is 5.91 Å². The number of rotatable bonds is 3. The number of carbonyl (C=O) groups is 1. The summed E-state index contributed by atoms with van der Waals surface area (Å²) in [6.07, 6.45) is 5.53. The average molecular weight is 379 g/mol. The van der Waals surface area contributed by atoms with Gasteiger partial charge in [0.1, 0.15) is 5.82 Å². The number of nitrogens with zero attached hydrogens (tertiary/aromatic N) is 4. The van der Waals surface area contributed by atoms with Crippen LogP contribution in [0.1, 0.15) is 61.4 Å². The number of fused-ring (bicyclic) bond motifs is 3. The van der Waals surface area contributed by atoms with Gasteiger partial charge in [-0.1, -0.05) is 30.3 Å². The van der Waals surface area contributed by atoms with Crippen molar-refractivity contribution in [3.63, 3.8) is 0 Å². The van der Waals surface area contributed by atoms with E-state index in [0.717, 1.165) is 57.6 Å². The van der Waals surface area contributed by atoms with Gasteiger partial charge in [-0.25, -0.2) is 4.98 Å². The predicted molar refractivity (Wildman–Crippen MR) is 109 cm³/mol. The van der Waals surface area contributed by atoms with Crippen molar-refractivity contribution in [1.29, 1.82) is 0 Å². The van der Waals surface area contributed by atoms with Crippen molar-refractivity contribution in [1.82, 2.24) is 19.4 Å². The second-order valence-corrected chi connectivity index (χ2v) is 8.81. The summed E-state index contributed by atoms with van der Waals surface area (Å²) < 4.78 is 2.54. The van der Waals surface area contributed by atoms with Crippen molar-refractivity contribution in [2.45, 2.75) is 77.2 Å². The summed E-state index contributed by atoms with van der Waals surface area (Å²) in [5.74, 6) is 1.41. The van der Waals surface area contributed by atoms with Gasteiger partial charge in [-0.2, -0.15) is 0 Å². The second kappa shape index (κ2) is 7.03. The zero-order valence-corrected chi connectivity index (χ0v) is 17.0. The number of aryl methyl sites for hydroxylation is 1. The van der Waals surface area contributed by atoms with Gasteiger partial charge in [0.2, 0.25) is 5.91 Å². The van der Waals surface area contributed by atoms with Crippen molar-refractivity contribution in [3.05, 3.63) is 53.1 Å². The maximum Gasteiger partial charge on any atom is 0.219 e. The Morgan fingerprint density at radius 2 is 1.82 bits per heavy atom. The largest absolute Gasteiger partial charge is 0.337 e. The average Bonchev–Trinajstić information content (AvgIpc) is 3.15. The first-order valence-corrected chi connectivity index (χ1v) is 10.7. The fourth-order valence-electron chi connectivity index (χ4n) is 5.91. The van der Waals surface area contributed by atoms with Crippen LogP contribution in [0.3, 0.4) is 0 Å². The zero-order valence-electron chi connectivity index (χ0n) is 17.0. The van der Waals surface area contributed by atoms with Crippen LogP contribution in [0.5, 0.6) is 0 Å². The lowest BCUT2D eigenvalue weighted by molar-refractivity contribution is -0.133. The number of hydrogen-bond donors (Lipinski definition) is 0. The van der Waals surface area contributed by atoms with Gasteiger partial charge in [-0.15, -0.1) is 0 Å². The molecular formula is C23H30N4O. The Balaban J connectivity index is 1.38. The smallest absolute Gasteiger partial charge is 0.219 e. The minimum Gasteiger partial charge on any atom is -0.337 e. The van der Waals surface area contributed by atoms with E-state index in [4.69, 9.17) is 4.98 Å². The maximum atomic E-state index is 12.1. The highest BCUT2D eigenvalue weighted by Gasteiger charge is 2.43. The lowest BCUT2D eigenvalue weighted by Crippen LogP contribution is -2.46. The molecule has 2 fully saturated rings. The molecule has 2 aromatic rings. The zero-order chi connectivity index (χ0) is 19.3. The van der Waals surface area contributed by atoms with E-state index in [1.165, 1.54) is 17.0 Å². The Bertz CT molecular complexity index is 860. The molecule has 148 valence electrons. The molecule has 0 spiro atoms. The standard InChI is InChI=1S/C23H30N4O/c1-16-24-22-10-11-25(14-18-6-4-3-5-7-18)15-23(22)26(16)21-12-19-8-9-20(13-21)27(19)17(2)28/h3-7,19-21H,8-15H2,1-2H3/t19-,20+,21+. The summed E-state index contributed by atoms with van der Waals surface area (Å²) >= 11 is 0. The Hall–Kier alpha value is -2.14. The Morgan fingerprint density at radius 3 is 2.50 bits per heavy atom. The minimum absolute atomic E-state index is 0.254. The molecule has 1 aromatic carbocycles. The summed E-state index contributed by atoms with van der Waals surface area (Å²) in [7, 11) is 0. The molecule has 0 N–H and O–H groups in total. The van der Waals surface area contributed by atoms with Crippen LogP contribution in [-0.2, 0) is 24.3 Å². The number of hydrogen-bond acceptors (Lipinski definition) is 3. The van der Waals surface area contributed by atoms with E-state index in [1.807, 2.05) is 0 Å². The predicted octanol–water partition coefficient (Wildman–Crippen LogP) is 3.46. The molecule has 0 saturated carbocycles. The van der Waals surface area contributed by atoms with Crippen LogP contribution in [0.2, 0.25) is 0 Å². The third-order valence-corrected chi connectivity index (χ3v) is 6.99. The van der Waals surface area contributed by atoms with Crippen molar-refractivity contribution < 1.29 is 4.79 Å². The van der Waals surface area contributed by atoms with Crippen LogP contribution in [0.15, 0.2) is 30.3 Å². The number of aromatic nitrogens is 2. The van der Waals surface area contributed by atoms with Gasteiger partial charge in [-0.05, 0) is 38.2 Å². The summed E-state index contributed by atoms with van der Waals surface area (Å²) in [6.45, 7) is 6.95. The molecule has 2 saturated heterocycles. The molecule has 1 amide bonds. The van der Waals surface area contributed by atoms with Crippen LogP contribution in [-0.4, -0.2) is 43.9 Å². The van der Waals surface area contributed by atoms with E-state index in [0.29, 0.717) is 18.1 Å². The quantitative estimate of drug-likeness (QED) is 0.821. The molecule has 4 heterocycles. The fraction of sp³-hybridized carbons (Fsp3) is 0.565. The van der Waals surface area contributed by atoms with E-state index < -0.39 is 0 Å². The molecule has 3 atom stereocenters. The van der Waals surface area contributed by atoms with Gasteiger partial charge in [0.15, 0.2) is 0 Å². The third-order valence-electron chi connectivity index (χ3n) is 6.99. The number of amides is 1. The second-order valence-electron chi connectivity index (χ2n) is 8.81. The summed E-state index contributed by atoms with van der Waals surface area (Å²) in [5.41, 5.74) is 4.09. The molecule has 0 unspecified atom stereocenters. The minimum atomic E-state index is 0.254. The Morgan fingerprint density at radius 1 is 1.11 bits per heavy atom. The van der Waals surface area contributed by atoms with Crippen LogP contribution in [0.4, 0.5) is 0 Å². The molecule has 3 aliphatic heterocycles. The molecule has 5 nitrogen and oxygen atoms in total. The normalized spacial score (nSPS) is 27.1. The first-order chi connectivity index (χ1) is 13.6. The van der Waals surface area contributed by atoms with Crippen molar-refractivity contribution in [3.8, 4) is 0 Å². The molecule has 3 aliphatic rings. The topological polar surface area (TPSA) is 41.4 Å². The molecule has 5 rings (SSSR count). The van der Waals surface area contributed by atoms with Crippen LogP contribution in [0.25, 0.3) is 0 Å². The highest BCUT2D eigenvalue weighted by atomic mass is 16.2. The molecule has 1 aromatic heterocycles. The number of piperidine rings is 1. The SMILES string of the molecule is CC(=O)N1[C@@H]2CC[C@H]1C[C@@H](n1c(C)nc3c1CN(Cc1ccccc1)CC3)C2. The van der Waals surface area contributed by atoms with Crippen LogP contribution < -0.4 is 0 Å². The van der Waals surface area contributed by atoms with Gasteiger partial charge in [-0.3, -0.25) is 9.69 Å². The van der Waals surface area contributed by atoms with Crippen LogP contribution >= 0.6 is 0 Å².